The molecule has 0 saturated carbocycles. The van der Waals surface area contributed by atoms with E-state index in [0.717, 1.165) is 10.6 Å². The summed E-state index contributed by atoms with van der Waals surface area (Å²) < 4.78 is 4.56. The van der Waals surface area contributed by atoms with Crippen LogP contribution in [0.3, 0.4) is 0 Å². The van der Waals surface area contributed by atoms with E-state index in [1.165, 1.54) is 18.4 Å². The lowest BCUT2D eigenvalue weighted by molar-refractivity contribution is -0.117. The number of nitrogens with two attached hydrogens (primary N) is 1. The van der Waals surface area contributed by atoms with Crippen LogP contribution in [0.5, 0.6) is 0 Å². The van der Waals surface area contributed by atoms with Gasteiger partial charge in [-0.1, -0.05) is 11.3 Å². The van der Waals surface area contributed by atoms with Gasteiger partial charge in [0.05, 0.1) is 19.3 Å². The highest BCUT2D eigenvalue weighted by molar-refractivity contribution is 7.15. The van der Waals surface area contributed by atoms with E-state index in [4.69, 9.17) is 5.73 Å². The Morgan fingerprint density at radius 2 is 2.00 bits per heavy atom. The second kappa shape index (κ2) is 8.14. The Balaban J connectivity index is 1.55. The minimum absolute atomic E-state index is 0.150. The molecule has 1 aromatic carbocycles. The first-order chi connectivity index (χ1) is 12.9. The smallest absolute Gasteiger partial charge is 0.413 e. The average molecular weight is 389 g/mol. The molecule has 10 heteroatoms. The van der Waals surface area contributed by atoms with Gasteiger partial charge in [-0.3, -0.25) is 19.8 Å². The van der Waals surface area contributed by atoms with Crippen LogP contribution in [-0.2, 0) is 22.5 Å². The highest BCUT2D eigenvalue weighted by Gasteiger charge is 2.23. The minimum atomic E-state index is -0.556. The predicted octanol–water partition coefficient (Wildman–Crippen LogP) is 1.42. The Morgan fingerprint density at radius 3 is 2.67 bits per heavy atom. The summed E-state index contributed by atoms with van der Waals surface area (Å²) in [5.41, 5.74) is 7.12. The quantitative estimate of drug-likeness (QED) is 0.710. The van der Waals surface area contributed by atoms with Crippen molar-refractivity contribution in [3.05, 3.63) is 40.4 Å². The van der Waals surface area contributed by atoms with E-state index < -0.39 is 12.0 Å². The van der Waals surface area contributed by atoms with E-state index >= 15 is 0 Å². The number of thiazole rings is 1. The number of methoxy groups -OCH3 is 1. The Labute approximate surface area is 159 Å². The number of nitrogens with one attached hydrogen (secondary N) is 2. The number of anilines is 2. The standard InChI is InChI=1S/C17H19N5O4S/c1-26-17(25)21-16-20-12-6-7-22(8-13(12)27-16)9-14(23)19-11-4-2-10(3-5-11)15(18)24/h2-5H,6-9H2,1H3,(H2,18,24)(H,19,23)(H,20,21,25). The van der Waals surface area contributed by atoms with Crippen molar-refractivity contribution in [2.24, 2.45) is 5.73 Å². The van der Waals surface area contributed by atoms with Gasteiger partial charge in [0.2, 0.25) is 11.8 Å². The molecule has 1 aliphatic heterocycles. The summed E-state index contributed by atoms with van der Waals surface area (Å²) in [7, 11) is 1.30. The Kier molecular flexibility index (Phi) is 5.67. The van der Waals surface area contributed by atoms with Gasteiger partial charge in [-0.25, -0.2) is 9.78 Å². The molecular formula is C17H19N5O4S. The SMILES string of the molecule is COC(=O)Nc1nc2c(s1)CN(CC(=O)Nc1ccc(C(N)=O)cc1)CC2. The maximum atomic E-state index is 12.3. The highest BCUT2D eigenvalue weighted by atomic mass is 32.1. The number of benzene rings is 1. The molecule has 142 valence electrons. The summed E-state index contributed by atoms with van der Waals surface area (Å²) in [4.78, 5) is 42.0. The number of carbonyl (C=O) groups excluding carboxylic acids is 3. The van der Waals surface area contributed by atoms with Crippen LogP contribution in [0.25, 0.3) is 0 Å². The molecule has 9 nitrogen and oxygen atoms in total. The van der Waals surface area contributed by atoms with Crippen molar-refractivity contribution >= 4 is 40.1 Å². The zero-order chi connectivity index (χ0) is 19.4. The van der Waals surface area contributed by atoms with Crippen LogP contribution in [0.15, 0.2) is 24.3 Å². The molecule has 2 heterocycles. The van der Waals surface area contributed by atoms with Gasteiger partial charge in [0.15, 0.2) is 5.13 Å². The molecule has 2 aromatic rings. The molecule has 0 fully saturated rings. The third-order valence-corrected chi connectivity index (χ3v) is 5.02. The molecule has 4 N–H and O–H groups in total. The van der Waals surface area contributed by atoms with Crippen molar-refractivity contribution in [2.75, 3.05) is 30.8 Å². The fourth-order valence-electron chi connectivity index (χ4n) is 2.70. The topological polar surface area (TPSA) is 127 Å². The molecule has 3 rings (SSSR count). The Morgan fingerprint density at radius 1 is 1.26 bits per heavy atom. The molecule has 0 saturated heterocycles. The zero-order valence-electron chi connectivity index (χ0n) is 14.7. The molecular weight excluding hydrogens is 370 g/mol. The predicted molar refractivity (Wildman–Crippen MR) is 101 cm³/mol. The van der Waals surface area contributed by atoms with Crippen molar-refractivity contribution in [3.63, 3.8) is 0 Å². The molecule has 0 bridgehead atoms. The van der Waals surface area contributed by atoms with E-state index in [1.54, 1.807) is 24.3 Å². The van der Waals surface area contributed by atoms with Crippen LogP contribution in [0, 0.1) is 0 Å². The molecule has 1 aromatic heterocycles. The van der Waals surface area contributed by atoms with Crippen LogP contribution in [0.1, 0.15) is 20.9 Å². The monoisotopic (exact) mass is 389 g/mol. The van der Waals surface area contributed by atoms with Gasteiger partial charge in [0.25, 0.3) is 0 Å². The van der Waals surface area contributed by atoms with Gasteiger partial charge in [-0.05, 0) is 24.3 Å². The maximum Gasteiger partial charge on any atom is 0.413 e. The summed E-state index contributed by atoms with van der Waals surface area (Å²) in [6, 6.07) is 6.41. The van der Waals surface area contributed by atoms with Gasteiger partial charge in [0.1, 0.15) is 0 Å². The summed E-state index contributed by atoms with van der Waals surface area (Å²) in [5, 5.41) is 5.86. The third kappa shape index (κ3) is 4.80. The number of ether oxygens (including phenoxy) is 1. The van der Waals surface area contributed by atoms with E-state index in [-0.39, 0.29) is 12.5 Å². The van der Waals surface area contributed by atoms with Crippen LogP contribution < -0.4 is 16.4 Å². The fourth-order valence-corrected chi connectivity index (χ4v) is 3.73. The van der Waals surface area contributed by atoms with Crippen molar-refractivity contribution < 1.29 is 19.1 Å². The molecule has 3 amide bonds. The minimum Gasteiger partial charge on any atom is -0.453 e. The number of aromatic nitrogens is 1. The lowest BCUT2D eigenvalue weighted by Crippen LogP contribution is -2.36. The molecule has 0 radical (unpaired) electrons. The number of hydrogen-bond acceptors (Lipinski definition) is 7. The highest BCUT2D eigenvalue weighted by Crippen LogP contribution is 2.28. The number of primary amides is 1. The summed E-state index contributed by atoms with van der Waals surface area (Å²) >= 11 is 1.38. The molecule has 0 spiro atoms. The molecule has 0 unspecified atom stereocenters. The summed E-state index contributed by atoms with van der Waals surface area (Å²) in [5.74, 6) is -0.662. The number of amides is 3. The van der Waals surface area contributed by atoms with Crippen molar-refractivity contribution in [2.45, 2.75) is 13.0 Å². The van der Waals surface area contributed by atoms with Gasteiger partial charge in [0, 0.05) is 35.6 Å². The first kappa shape index (κ1) is 18.8. The number of carbonyl (C=O) groups is 3. The molecule has 27 heavy (non-hydrogen) atoms. The Hall–Kier alpha value is -2.98. The number of rotatable bonds is 5. The molecule has 1 aliphatic rings. The fraction of sp³-hybridized carbons (Fsp3) is 0.294. The summed E-state index contributed by atoms with van der Waals surface area (Å²) in [6.45, 7) is 1.51. The molecule has 0 aliphatic carbocycles. The van der Waals surface area contributed by atoms with E-state index in [9.17, 15) is 14.4 Å². The van der Waals surface area contributed by atoms with E-state index in [1.807, 2.05) is 4.90 Å². The zero-order valence-corrected chi connectivity index (χ0v) is 15.5. The van der Waals surface area contributed by atoms with Crippen LogP contribution in [0.4, 0.5) is 15.6 Å². The second-order valence-electron chi connectivity index (χ2n) is 5.96. The van der Waals surface area contributed by atoms with E-state index in [0.29, 0.717) is 35.9 Å². The maximum absolute atomic E-state index is 12.3. The lowest BCUT2D eigenvalue weighted by Gasteiger charge is -2.25. The van der Waals surface area contributed by atoms with Crippen LogP contribution in [0.2, 0.25) is 0 Å². The van der Waals surface area contributed by atoms with Crippen molar-refractivity contribution in [1.29, 1.82) is 0 Å². The molecule has 0 atom stereocenters. The largest absolute Gasteiger partial charge is 0.453 e. The third-order valence-electron chi connectivity index (χ3n) is 4.03. The Bertz CT molecular complexity index is 865. The average Bonchev–Trinajstić information content (AvgIpc) is 3.03. The lowest BCUT2D eigenvalue weighted by atomic mass is 10.2. The normalized spacial score (nSPS) is 13.5. The van der Waals surface area contributed by atoms with Crippen molar-refractivity contribution in [3.8, 4) is 0 Å². The summed E-state index contributed by atoms with van der Waals surface area (Å²) in [6.07, 6.45) is 0.148. The van der Waals surface area contributed by atoms with Crippen molar-refractivity contribution in [1.82, 2.24) is 9.88 Å². The van der Waals surface area contributed by atoms with Gasteiger partial charge < -0.3 is 15.8 Å². The first-order valence-corrected chi connectivity index (χ1v) is 9.02. The first-order valence-electron chi connectivity index (χ1n) is 8.20. The van der Waals surface area contributed by atoms with Gasteiger partial charge in [-0.15, -0.1) is 0 Å². The second-order valence-corrected chi connectivity index (χ2v) is 7.04. The number of hydrogen-bond donors (Lipinski definition) is 3. The van der Waals surface area contributed by atoms with Crippen LogP contribution in [-0.4, -0.2) is 48.0 Å². The van der Waals surface area contributed by atoms with E-state index in [2.05, 4.69) is 20.4 Å². The van der Waals surface area contributed by atoms with Gasteiger partial charge in [-0.2, -0.15) is 0 Å². The van der Waals surface area contributed by atoms with Gasteiger partial charge >= 0.3 is 6.09 Å². The number of nitrogens with zero attached hydrogens (tertiary/aromatic N) is 2. The van der Waals surface area contributed by atoms with Crippen LogP contribution >= 0.6 is 11.3 Å². The number of fused-ring (bicyclic) bond motifs is 1.